The van der Waals surface area contributed by atoms with Crippen molar-refractivity contribution >= 4 is 40.7 Å². The number of hydrogen-bond donors (Lipinski definition) is 3. The molecule has 2 heterocycles. The number of carbonyl (C=O) groups is 3. The van der Waals surface area contributed by atoms with E-state index in [1.807, 2.05) is 25.1 Å². The lowest BCUT2D eigenvalue weighted by Gasteiger charge is -2.24. The van der Waals surface area contributed by atoms with E-state index in [1.54, 1.807) is 37.6 Å². The van der Waals surface area contributed by atoms with Gasteiger partial charge in [-0.15, -0.1) is 11.3 Å². The van der Waals surface area contributed by atoms with Crippen LogP contribution in [0.2, 0.25) is 0 Å². The summed E-state index contributed by atoms with van der Waals surface area (Å²) in [5.74, 6) is -5.91. The molecule has 0 radical (unpaired) electrons. The highest BCUT2D eigenvalue weighted by atomic mass is 32.1. The van der Waals surface area contributed by atoms with Crippen molar-refractivity contribution in [3.8, 4) is 0 Å². The summed E-state index contributed by atoms with van der Waals surface area (Å²) in [4.78, 5) is 41.6. The smallest absolute Gasteiger partial charge is 0.374 e. The molecule has 3 aromatic rings. The Morgan fingerprint density at radius 3 is 2.53 bits per heavy atom. The number of rotatable bonds is 9. The van der Waals surface area contributed by atoms with Crippen LogP contribution in [0.25, 0.3) is 0 Å². The Labute approximate surface area is 211 Å². The van der Waals surface area contributed by atoms with Crippen molar-refractivity contribution in [3.05, 3.63) is 75.6 Å². The molecule has 0 aliphatic rings. The van der Waals surface area contributed by atoms with Crippen molar-refractivity contribution in [2.45, 2.75) is 38.7 Å². The monoisotopic (exact) mass is 516 g/mol. The van der Waals surface area contributed by atoms with Gasteiger partial charge in [0.15, 0.2) is 0 Å². The van der Waals surface area contributed by atoms with Crippen LogP contribution in [-0.2, 0) is 22.4 Å². The lowest BCUT2D eigenvalue weighted by molar-refractivity contribution is -0.164. The van der Waals surface area contributed by atoms with Crippen LogP contribution in [0.5, 0.6) is 0 Å². The first-order chi connectivity index (χ1) is 17.0. The van der Waals surface area contributed by atoms with Gasteiger partial charge in [-0.25, -0.2) is 14.6 Å². The standard InChI is InChI=1S/C25H26F2N4O4S/c1-15-6-4-5-7-20(15)29-24(35)30-21-9-8-17(13-28-21)10-22(32)31(3)16(2)18-11-19(36-14-18)12-25(26,27)23(33)34/h4-9,11,13-14,16H,10,12H2,1-3H3,(H,33,34)(H2,28,29,30,35). The second kappa shape index (κ2) is 11.3. The van der Waals surface area contributed by atoms with Crippen LogP contribution >= 0.6 is 11.3 Å². The third kappa shape index (κ3) is 6.85. The van der Waals surface area contributed by atoms with E-state index >= 15 is 0 Å². The third-order valence-corrected chi connectivity index (χ3v) is 6.61. The van der Waals surface area contributed by atoms with E-state index in [0.717, 1.165) is 16.9 Å². The fourth-order valence-corrected chi connectivity index (χ4v) is 4.35. The maximum atomic E-state index is 13.5. The molecule has 3 amide bonds. The van der Waals surface area contributed by atoms with Crippen molar-refractivity contribution in [2.75, 3.05) is 17.7 Å². The number of anilines is 2. The fraction of sp³-hybridized carbons (Fsp3) is 0.280. The Balaban J connectivity index is 1.55. The van der Waals surface area contributed by atoms with Crippen LogP contribution in [0.3, 0.4) is 0 Å². The number of urea groups is 1. The zero-order chi connectivity index (χ0) is 26.5. The Bertz CT molecular complexity index is 1250. The number of thiophene rings is 1. The fourth-order valence-electron chi connectivity index (χ4n) is 3.33. The molecular formula is C25H26F2N4O4S. The van der Waals surface area contributed by atoms with E-state index in [1.165, 1.54) is 17.2 Å². The van der Waals surface area contributed by atoms with E-state index in [0.29, 0.717) is 22.6 Å². The molecule has 0 saturated carbocycles. The van der Waals surface area contributed by atoms with E-state index in [4.69, 9.17) is 5.11 Å². The number of aromatic nitrogens is 1. The maximum absolute atomic E-state index is 13.5. The number of nitrogens with zero attached hydrogens (tertiary/aromatic N) is 2. The van der Waals surface area contributed by atoms with E-state index in [-0.39, 0.29) is 17.2 Å². The summed E-state index contributed by atoms with van der Waals surface area (Å²) in [6.45, 7) is 3.64. The number of alkyl halides is 2. The summed E-state index contributed by atoms with van der Waals surface area (Å²) in [6.07, 6.45) is 0.653. The third-order valence-electron chi connectivity index (χ3n) is 5.65. The van der Waals surface area contributed by atoms with E-state index in [9.17, 15) is 23.2 Å². The number of carboxylic acid groups (broad SMARTS) is 1. The number of para-hydroxylation sites is 1. The largest absolute Gasteiger partial charge is 0.477 e. The van der Waals surface area contributed by atoms with Gasteiger partial charge in [0.1, 0.15) is 5.82 Å². The Morgan fingerprint density at radius 1 is 1.17 bits per heavy atom. The predicted molar refractivity (Wildman–Crippen MR) is 134 cm³/mol. The Morgan fingerprint density at radius 2 is 1.89 bits per heavy atom. The molecule has 0 spiro atoms. The average molecular weight is 517 g/mol. The highest BCUT2D eigenvalue weighted by Gasteiger charge is 2.39. The Kier molecular flexibility index (Phi) is 8.36. The number of carbonyl (C=O) groups excluding carboxylic acids is 2. The molecule has 3 N–H and O–H groups in total. The number of benzene rings is 1. The summed E-state index contributed by atoms with van der Waals surface area (Å²) >= 11 is 1.03. The molecule has 190 valence electrons. The molecule has 8 nitrogen and oxygen atoms in total. The maximum Gasteiger partial charge on any atom is 0.374 e. The number of halogens is 2. The predicted octanol–water partition coefficient (Wildman–Crippen LogP) is 5.12. The van der Waals surface area contributed by atoms with Gasteiger partial charge >= 0.3 is 17.9 Å². The summed E-state index contributed by atoms with van der Waals surface area (Å²) in [5, 5.41) is 15.7. The molecule has 2 aromatic heterocycles. The highest BCUT2D eigenvalue weighted by molar-refractivity contribution is 7.10. The number of carboxylic acids is 1. The quantitative estimate of drug-likeness (QED) is 0.366. The van der Waals surface area contributed by atoms with Gasteiger partial charge in [0, 0.05) is 23.8 Å². The van der Waals surface area contributed by atoms with Crippen LogP contribution < -0.4 is 10.6 Å². The number of aryl methyl sites for hydroxylation is 1. The summed E-state index contributed by atoms with van der Waals surface area (Å²) in [6, 6.07) is 11.3. The van der Waals surface area contributed by atoms with Gasteiger partial charge in [0.2, 0.25) is 5.91 Å². The summed E-state index contributed by atoms with van der Waals surface area (Å²) < 4.78 is 27.0. The number of hydrogen-bond acceptors (Lipinski definition) is 5. The number of nitrogens with one attached hydrogen (secondary N) is 2. The lowest BCUT2D eigenvalue weighted by atomic mass is 10.1. The molecular weight excluding hydrogens is 490 g/mol. The number of aliphatic carboxylic acids is 1. The second-order valence-corrected chi connectivity index (χ2v) is 9.33. The van der Waals surface area contributed by atoms with E-state index < -0.39 is 30.4 Å². The molecule has 0 bridgehead atoms. The van der Waals surface area contributed by atoms with Crippen LogP contribution in [-0.4, -0.2) is 45.9 Å². The molecule has 0 fully saturated rings. The minimum Gasteiger partial charge on any atom is -0.477 e. The topological polar surface area (TPSA) is 112 Å². The van der Waals surface area contributed by atoms with Crippen LogP contribution in [0.15, 0.2) is 54.0 Å². The molecule has 1 aromatic carbocycles. The first-order valence-electron chi connectivity index (χ1n) is 11.0. The summed E-state index contributed by atoms with van der Waals surface area (Å²) in [5.41, 5.74) is 2.88. The Hall–Kier alpha value is -3.86. The normalized spacial score (nSPS) is 12.0. The van der Waals surface area contributed by atoms with Gasteiger partial charge in [0.25, 0.3) is 0 Å². The van der Waals surface area contributed by atoms with Gasteiger partial charge in [-0.1, -0.05) is 24.3 Å². The molecule has 1 unspecified atom stereocenters. The first-order valence-corrected chi connectivity index (χ1v) is 11.9. The van der Waals surface area contributed by atoms with Crippen molar-refractivity contribution in [3.63, 3.8) is 0 Å². The molecule has 11 heteroatoms. The molecule has 0 aliphatic heterocycles. The first kappa shape index (κ1) is 26.7. The van der Waals surface area contributed by atoms with E-state index in [2.05, 4.69) is 15.6 Å². The van der Waals surface area contributed by atoms with Crippen LogP contribution in [0.1, 0.15) is 34.5 Å². The van der Waals surface area contributed by atoms with Crippen molar-refractivity contribution in [1.29, 1.82) is 0 Å². The van der Waals surface area contributed by atoms with Crippen LogP contribution in [0.4, 0.5) is 25.1 Å². The summed E-state index contributed by atoms with van der Waals surface area (Å²) in [7, 11) is 1.61. The zero-order valence-electron chi connectivity index (χ0n) is 19.9. The molecule has 0 saturated heterocycles. The molecule has 1 atom stereocenters. The van der Waals surface area contributed by atoms with Gasteiger partial charge in [-0.2, -0.15) is 8.78 Å². The molecule has 0 aliphatic carbocycles. The van der Waals surface area contributed by atoms with Crippen molar-refractivity contribution < 1.29 is 28.3 Å². The zero-order valence-corrected chi connectivity index (χ0v) is 20.7. The van der Waals surface area contributed by atoms with Gasteiger partial charge < -0.3 is 15.3 Å². The van der Waals surface area contributed by atoms with Crippen molar-refractivity contribution in [1.82, 2.24) is 9.88 Å². The second-order valence-electron chi connectivity index (χ2n) is 8.34. The minimum atomic E-state index is -3.84. The van der Waals surface area contributed by atoms with Crippen molar-refractivity contribution in [2.24, 2.45) is 0 Å². The van der Waals surface area contributed by atoms with Gasteiger partial charge in [-0.3, -0.25) is 10.1 Å². The van der Waals surface area contributed by atoms with Gasteiger partial charge in [0.05, 0.1) is 18.9 Å². The minimum absolute atomic E-state index is 0.0532. The molecule has 3 rings (SSSR count). The average Bonchev–Trinajstić information content (AvgIpc) is 3.28. The van der Waals surface area contributed by atoms with Gasteiger partial charge in [-0.05, 0) is 54.1 Å². The van der Waals surface area contributed by atoms with Crippen LogP contribution in [0, 0.1) is 6.92 Å². The lowest BCUT2D eigenvalue weighted by Crippen LogP contribution is -2.31. The highest BCUT2D eigenvalue weighted by Crippen LogP contribution is 2.29. The molecule has 36 heavy (non-hydrogen) atoms. The number of likely N-dealkylation sites (N-methyl/N-ethyl adjacent to an activating group) is 1. The number of amides is 3. The SMILES string of the molecule is Cc1ccccc1NC(=O)Nc1ccc(CC(=O)N(C)C(C)c2csc(CC(F)(F)C(=O)O)c2)cn1. The number of pyridine rings is 1.